The molecule has 2 heterocycles. The molecule has 0 aliphatic carbocycles. The lowest BCUT2D eigenvalue weighted by atomic mass is 10.0. The zero-order valence-electron chi connectivity index (χ0n) is 6.40. The fourth-order valence-electron chi connectivity index (χ4n) is 1.29. The standard InChI is InChI=1S/C6H9N5O/c7-6(8)11-2-1-4(11)5-3-9-10-12-5/h3-4H,1-2H2,(H3,7,8). The van der Waals surface area contributed by atoms with E-state index in [-0.39, 0.29) is 12.0 Å². The normalized spacial score (nSPS) is 22.0. The summed E-state index contributed by atoms with van der Waals surface area (Å²) in [5.41, 5.74) is 5.32. The molecule has 12 heavy (non-hydrogen) atoms. The fraction of sp³-hybridized carbons (Fsp3) is 0.500. The van der Waals surface area contributed by atoms with Crippen LogP contribution in [0.3, 0.4) is 0 Å². The molecule has 1 aromatic heterocycles. The van der Waals surface area contributed by atoms with Gasteiger partial charge in [0.25, 0.3) is 0 Å². The maximum Gasteiger partial charge on any atom is 0.189 e. The second-order valence-electron chi connectivity index (χ2n) is 2.70. The summed E-state index contributed by atoms with van der Waals surface area (Å²) in [6, 6.07) is 0.0671. The zero-order chi connectivity index (χ0) is 8.55. The molecular weight excluding hydrogens is 158 g/mol. The summed E-state index contributed by atoms with van der Waals surface area (Å²) in [5.74, 6) is 0.749. The van der Waals surface area contributed by atoms with Crippen molar-refractivity contribution in [1.82, 2.24) is 15.3 Å². The van der Waals surface area contributed by atoms with Gasteiger partial charge in [0.1, 0.15) is 0 Å². The molecule has 1 aromatic rings. The summed E-state index contributed by atoms with van der Waals surface area (Å²) in [7, 11) is 0. The Morgan fingerprint density at radius 2 is 2.67 bits per heavy atom. The number of likely N-dealkylation sites (tertiary alicyclic amines) is 1. The highest BCUT2D eigenvalue weighted by Crippen LogP contribution is 2.31. The van der Waals surface area contributed by atoms with Gasteiger partial charge in [-0.05, 0) is 6.42 Å². The highest BCUT2D eigenvalue weighted by atomic mass is 16.5. The van der Waals surface area contributed by atoms with Crippen molar-refractivity contribution in [1.29, 1.82) is 5.41 Å². The van der Waals surface area contributed by atoms with Crippen LogP contribution >= 0.6 is 0 Å². The van der Waals surface area contributed by atoms with Crippen LogP contribution in [0.5, 0.6) is 0 Å². The minimum absolute atomic E-state index is 0.0671. The van der Waals surface area contributed by atoms with E-state index in [1.807, 2.05) is 0 Å². The first kappa shape index (κ1) is 7.08. The molecule has 6 heteroatoms. The fourth-order valence-corrected chi connectivity index (χ4v) is 1.29. The van der Waals surface area contributed by atoms with Crippen molar-refractivity contribution in [3.8, 4) is 0 Å². The number of hydrogen-bond acceptors (Lipinski definition) is 4. The molecule has 1 saturated heterocycles. The highest BCUT2D eigenvalue weighted by Gasteiger charge is 2.33. The lowest BCUT2D eigenvalue weighted by molar-refractivity contribution is 0.146. The van der Waals surface area contributed by atoms with Gasteiger partial charge in [0.2, 0.25) is 0 Å². The van der Waals surface area contributed by atoms with Crippen molar-refractivity contribution in [3.63, 3.8) is 0 Å². The number of guanidine groups is 1. The van der Waals surface area contributed by atoms with Crippen LogP contribution in [0.1, 0.15) is 18.2 Å². The average Bonchev–Trinajstić information content (AvgIpc) is 2.35. The van der Waals surface area contributed by atoms with Gasteiger partial charge in [-0.15, -0.1) is 5.10 Å². The van der Waals surface area contributed by atoms with Gasteiger partial charge < -0.3 is 15.2 Å². The molecule has 0 spiro atoms. The van der Waals surface area contributed by atoms with Gasteiger partial charge in [0, 0.05) is 11.8 Å². The molecule has 64 valence electrons. The molecule has 2 rings (SSSR count). The van der Waals surface area contributed by atoms with E-state index in [1.165, 1.54) is 0 Å². The van der Waals surface area contributed by atoms with E-state index < -0.39 is 0 Å². The van der Waals surface area contributed by atoms with Gasteiger partial charge in [-0.25, -0.2) is 0 Å². The molecule has 1 aliphatic rings. The van der Waals surface area contributed by atoms with E-state index in [2.05, 4.69) is 10.4 Å². The first-order valence-electron chi connectivity index (χ1n) is 3.67. The Kier molecular flexibility index (Phi) is 1.46. The Morgan fingerprint density at radius 1 is 1.83 bits per heavy atom. The SMILES string of the molecule is N=C(N)N1CCC1c1cnno1. The Balaban J connectivity index is 2.12. The minimum atomic E-state index is 0.0671. The maximum atomic E-state index is 7.21. The van der Waals surface area contributed by atoms with Crippen molar-refractivity contribution in [2.24, 2.45) is 5.73 Å². The summed E-state index contributed by atoms with van der Waals surface area (Å²) < 4.78 is 4.86. The number of nitrogens with zero attached hydrogens (tertiary/aromatic N) is 3. The Morgan fingerprint density at radius 3 is 3.08 bits per heavy atom. The quantitative estimate of drug-likeness (QED) is 0.443. The van der Waals surface area contributed by atoms with Gasteiger partial charge in [0.15, 0.2) is 11.7 Å². The van der Waals surface area contributed by atoms with Gasteiger partial charge >= 0.3 is 0 Å². The third-order valence-electron chi connectivity index (χ3n) is 2.04. The zero-order valence-corrected chi connectivity index (χ0v) is 6.40. The molecule has 0 radical (unpaired) electrons. The monoisotopic (exact) mass is 167 g/mol. The Hall–Kier alpha value is -1.59. The molecule has 1 atom stereocenters. The molecular formula is C6H9N5O. The summed E-state index contributed by atoms with van der Waals surface area (Å²) in [4.78, 5) is 1.74. The summed E-state index contributed by atoms with van der Waals surface area (Å²) >= 11 is 0. The lowest BCUT2D eigenvalue weighted by Gasteiger charge is -2.39. The predicted octanol–water partition coefficient (Wildman–Crippen LogP) is -0.290. The molecule has 0 saturated carbocycles. The van der Waals surface area contributed by atoms with Crippen LogP contribution in [0, 0.1) is 5.41 Å². The third-order valence-corrected chi connectivity index (χ3v) is 2.04. The van der Waals surface area contributed by atoms with Crippen LogP contribution in [0.15, 0.2) is 10.7 Å². The van der Waals surface area contributed by atoms with Crippen molar-refractivity contribution >= 4 is 5.96 Å². The van der Waals surface area contributed by atoms with Gasteiger partial charge in [-0.1, -0.05) is 0 Å². The van der Waals surface area contributed by atoms with E-state index in [0.717, 1.165) is 13.0 Å². The Bertz CT molecular complexity index is 282. The van der Waals surface area contributed by atoms with E-state index >= 15 is 0 Å². The van der Waals surface area contributed by atoms with E-state index in [9.17, 15) is 0 Å². The molecule has 6 nitrogen and oxygen atoms in total. The minimum Gasteiger partial charge on any atom is -0.370 e. The molecule has 0 amide bonds. The molecule has 3 N–H and O–H groups in total. The second-order valence-corrected chi connectivity index (χ2v) is 2.70. The smallest absolute Gasteiger partial charge is 0.189 e. The number of nitrogens with two attached hydrogens (primary N) is 1. The number of rotatable bonds is 1. The second kappa shape index (κ2) is 2.47. The van der Waals surface area contributed by atoms with Crippen molar-refractivity contribution in [2.45, 2.75) is 12.5 Å². The van der Waals surface area contributed by atoms with Crippen LogP contribution in [0.25, 0.3) is 0 Å². The van der Waals surface area contributed by atoms with E-state index in [0.29, 0.717) is 5.76 Å². The van der Waals surface area contributed by atoms with Gasteiger partial charge in [0.05, 0.1) is 12.2 Å². The number of hydrogen-bond donors (Lipinski definition) is 2. The van der Waals surface area contributed by atoms with Gasteiger partial charge in [-0.2, -0.15) is 0 Å². The van der Waals surface area contributed by atoms with Crippen LogP contribution in [-0.4, -0.2) is 27.8 Å². The molecule has 1 unspecified atom stereocenters. The van der Waals surface area contributed by atoms with Crippen LogP contribution in [0.2, 0.25) is 0 Å². The summed E-state index contributed by atoms with van der Waals surface area (Å²) in [5, 5.41) is 14.1. The maximum absolute atomic E-state index is 7.21. The number of aromatic nitrogens is 2. The molecule has 1 aliphatic heterocycles. The van der Waals surface area contributed by atoms with Crippen LogP contribution in [0.4, 0.5) is 0 Å². The van der Waals surface area contributed by atoms with Crippen LogP contribution in [-0.2, 0) is 0 Å². The molecule has 0 aromatic carbocycles. The largest absolute Gasteiger partial charge is 0.370 e. The van der Waals surface area contributed by atoms with E-state index in [4.69, 9.17) is 15.7 Å². The highest BCUT2D eigenvalue weighted by molar-refractivity contribution is 5.75. The molecule has 0 bridgehead atoms. The molecule has 1 fully saturated rings. The first-order chi connectivity index (χ1) is 5.79. The lowest BCUT2D eigenvalue weighted by Crippen LogP contribution is -2.48. The predicted molar refractivity (Wildman–Crippen MR) is 40.3 cm³/mol. The number of nitrogens with one attached hydrogen (secondary N) is 1. The van der Waals surface area contributed by atoms with Crippen LogP contribution < -0.4 is 5.73 Å². The Labute approximate surface area is 68.8 Å². The van der Waals surface area contributed by atoms with Crippen molar-refractivity contribution in [3.05, 3.63) is 12.0 Å². The summed E-state index contributed by atoms with van der Waals surface area (Å²) in [6.07, 6.45) is 2.50. The van der Waals surface area contributed by atoms with Crippen molar-refractivity contribution < 1.29 is 4.52 Å². The third kappa shape index (κ3) is 0.919. The van der Waals surface area contributed by atoms with Gasteiger partial charge in [-0.3, -0.25) is 5.41 Å². The van der Waals surface area contributed by atoms with Crippen molar-refractivity contribution in [2.75, 3.05) is 6.54 Å². The first-order valence-corrected chi connectivity index (χ1v) is 3.67. The van der Waals surface area contributed by atoms with E-state index in [1.54, 1.807) is 11.1 Å². The average molecular weight is 167 g/mol. The topological polar surface area (TPSA) is 92.0 Å². The summed E-state index contributed by atoms with van der Waals surface area (Å²) in [6.45, 7) is 0.806.